The Morgan fingerprint density at radius 1 is 1.12 bits per heavy atom. The number of hydrogen-bond acceptors (Lipinski definition) is 3. The summed E-state index contributed by atoms with van der Waals surface area (Å²) in [7, 11) is 1.77. The monoisotopic (exact) mass is 349 g/mol. The summed E-state index contributed by atoms with van der Waals surface area (Å²) in [6, 6.07) is 19.3. The summed E-state index contributed by atoms with van der Waals surface area (Å²) in [5.41, 5.74) is 3.16. The molecule has 0 saturated heterocycles. The van der Waals surface area contributed by atoms with Crippen LogP contribution in [-0.4, -0.2) is 39.3 Å². The molecule has 0 aliphatic rings. The van der Waals surface area contributed by atoms with E-state index in [0.29, 0.717) is 17.7 Å². The largest absolute Gasteiger partial charge is 0.396 e. The molecule has 2 aromatic carbocycles. The fourth-order valence-electron chi connectivity index (χ4n) is 3.10. The predicted octanol–water partition coefficient (Wildman–Crippen LogP) is 3.38. The minimum Gasteiger partial charge on any atom is -0.396 e. The van der Waals surface area contributed by atoms with Gasteiger partial charge in [-0.2, -0.15) is 5.10 Å². The second kappa shape index (κ2) is 7.97. The third-order valence-corrected chi connectivity index (χ3v) is 4.52. The van der Waals surface area contributed by atoms with E-state index < -0.39 is 0 Å². The Labute approximate surface area is 153 Å². The van der Waals surface area contributed by atoms with E-state index >= 15 is 0 Å². The number of carbonyl (C=O) groups excluding carboxylic acids is 1. The molecule has 26 heavy (non-hydrogen) atoms. The highest BCUT2D eigenvalue weighted by Gasteiger charge is 2.25. The van der Waals surface area contributed by atoms with Gasteiger partial charge in [0.25, 0.3) is 5.91 Å². The van der Waals surface area contributed by atoms with Gasteiger partial charge >= 0.3 is 0 Å². The van der Waals surface area contributed by atoms with Crippen LogP contribution in [0.4, 0.5) is 0 Å². The molecular weight excluding hydrogens is 326 g/mol. The quantitative estimate of drug-likeness (QED) is 0.742. The number of benzene rings is 2. The number of hydrogen-bond donors (Lipinski definition) is 1. The van der Waals surface area contributed by atoms with Crippen molar-refractivity contribution in [3.8, 4) is 5.69 Å². The van der Waals surface area contributed by atoms with Gasteiger partial charge in [0.2, 0.25) is 0 Å². The molecule has 1 unspecified atom stereocenters. The van der Waals surface area contributed by atoms with Crippen molar-refractivity contribution in [3.05, 3.63) is 83.7 Å². The molecule has 0 saturated carbocycles. The lowest BCUT2D eigenvalue weighted by Crippen LogP contribution is -2.32. The molecule has 1 atom stereocenters. The molecule has 0 aliphatic heterocycles. The summed E-state index contributed by atoms with van der Waals surface area (Å²) in [6.07, 6.45) is 2.25. The van der Waals surface area contributed by atoms with Crippen molar-refractivity contribution in [1.29, 1.82) is 0 Å². The normalized spacial score (nSPS) is 12.0. The van der Waals surface area contributed by atoms with Crippen molar-refractivity contribution in [2.75, 3.05) is 13.7 Å². The minimum atomic E-state index is -0.187. The second-order valence-corrected chi connectivity index (χ2v) is 6.26. The van der Waals surface area contributed by atoms with Crippen molar-refractivity contribution < 1.29 is 9.90 Å². The zero-order valence-corrected chi connectivity index (χ0v) is 15.0. The van der Waals surface area contributed by atoms with E-state index in [1.54, 1.807) is 22.8 Å². The average Bonchev–Trinajstić information content (AvgIpc) is 3.08. The Morgan fingerprint density at radius 3 is 2.35 bits per heavy atom. The van der Waals surface area contributed by atoms with Gasteiger partial charge in [0.05, 0.1) is 23.0 Å². The summed E-state index contributed by atoms with van der Waals surface area (Å²) >= 11 is 0. The smallest absolute Gasteiger partial charge is 0.257 e. The molecule has 0 spiro atoms. The number of nitrogens with zero attached hydrogens (tertiary/aromatic N) is 3. The molecule has 3 aromatic rings. The first-order chi connectivity index (χ1) is 12.6. The fourth-order valence-corrected chi connectivity index (χ4v) is 3.10. The number of para-hydroxylation sites is 1. The maximum absolute atomic E-state index is 13.1. The number of amides is 1. The van der Waals surface area contributed by atoms with Crippen LogP contribution in [0.5, 0.6) is 0 Å². The van der Waals surface area contributed by atoms with Crippen LogP contribution in [0.1, 0.15) is 34.1 Å². The molecule has 5 nitrogen and oxygen atoms in total. The number of aromatic nitrogens is 2. The van der Waals surface area contributed by atoms with Gasteiger partial charge in [-0.3, -0.25) is 4.79 Å². The Kier molecular flexibility index (Phi) is 5.49. The average molecular weight is 349 g/mol. The molecule has 1 heterocycles. The Morgan fingerprint density at radius 2 is 1.73 bits per heavy atom. The highest BCUT2D eigenvalue weighted by molar-refractivity contribution is 5.95. The number of aliphatic hydroxyl groups excluding tert-OH is 1. The molecule has 1 N–H and O–H groups in total. The Hall–Kier alpha value is -2.92. The van der Waals surface area contributed by atoms with Crippen LogP contribution in [0.25, 0.3) is 5.69 Å². The lowest BCUT2D eigenvalue weighted by atomic mass is 10.0. The fraction of sp³-hybridized carbons (Fsp3) is 0.238. The number of aryl methyl sites for hydroxylation is 1. The molecule has 134 valence electrons. The first-order valence-electron chi connectivity index (χ1n) is 8.66. The van der Waals surface area contributed by atoms with E-state index in [1.807, 2.05) is 67.6 Å². The van der Waals surface area contributed by atoms with Crippen LogP contribution >= 0.6 is 0 Å². The molecule has 0 bridgehead atoms. The van der Waals surface area contributed by atoms with E-state index in [4.69, 9.17) is 0 Å². The predicted molar refractivity (Wildman–Crippen MR) is 101 cm³/mol. The van der Waals surface area contributed by atoms with Crippen LogP contribution in [-0.2, 0) is 0 Å². The lowest BCUT2D eigenvalue weighted by Gasteiger charge is -2.28. The lowest BCUT2D eigenvalue weighted by molar-refractivity contribution is 0.0704. The van der Waals surface area contributed by atoms with Gasteiger partial charge < -0.3 is 10.0 Å². The SMILES string of the molecule is Cc1nn(-c2ccccc2)cc1C(=O)N(C)C(CCO)c1ccccc1. The maximum Gasteiger partial charge on any atom is 0.257 e. The summed E-state index contributed by atoms with van der Waals surface area (Å²) < 4.78 is 1.72. The molecule has 0 aliphatic carbocycles. The van der Waals surface area contributed by atoms with Crippen molar-refractivity contribution in [2.45, 2.75) is 19.4 Å². The van der Waals surface area contributed by atoms with Gasteiger partial charge in [0.1, 0.15) is 0 Å². The molecule has 1 amide bonds. The molecule has 3 rings (SSSR count). The third-order valence-electron chi connectivity index (χ3n) is 4.52. The van der Waals surface area contributed by atoms with Crippen molar-refractivity contribution in [2.24, 2.45) is 0 Å². The standard InChI is InChI=1S/C21H23N3O2/c1-16-19(15-24(22-16)18-11-7-4-8-12-18)21(26)23(2)20(13-14-25)17-9-5-3-6-10-17/h3-12,15,20,25H,13-14H2,1-2H3. The minimum absolute atomic E-state index is 0.0133. The van der Waals surface area contributed by atoms with E-state index in [9.17, 15) is 9.90 Å². The van der Waals surface area contributed by atoms with Crippen molar-refractivity contribution >= 4 is 5.91 Å². The van der Waals surface area contributed by atoms with Gasteiger partial charge in [0, 0.05) is 19.9 Å². The number of carbonyl (C=O) groups is 1. The van der Waals surface area contributed by atoms with Crippen LogP contribution in [0.3, 0.4) is 0 Å². The third kappa shape index (κ3) is 3.68. The van der Waals surface area contributed by atoms with E-state index in [0.717, 1.165) is 11.3 Å². The van der Waals surface area contributed by atoms with Gasteiger partial charge in [-0.15, -0.1) is 0 Å². The number of aliphatic hydroxyl groups is 1. The van der Waals surface area contributed by atoms with Crippen LogP contribution in [0.15, 0.2) is 66.9 Å². The first kappa shape index (κ1) is 17.9. The molecule has 0 radical (unpaired) electrons. The highest BCUT2D eigenvalue weighted by Crippen LogP contribution is 2.25. The van der Waals surface area contributed by atoms with Crippen molar-refractivity contribution in [3.63, 3.8) is 0 Å². The zero-order valence-electron chi connectivity index (χ0n) is 15.0. The summed E-state index contributed by atoms with van der Waals surface area (Å²) in [5, 5.41) is 13.9. The summed E-state index contributed by atoms with van der Waals surface area (Å²) in [4.78, 5) is 14.8. The first-order valence-corrected chi connectivity index (χ1v) is 8.66. The topological polar surface area (TPSA) is 58.4 Å². The van der Waals surface area contributed by atoms with E-state index in [-0.39, 0.29) is 18.6 Å². The molecular formula is C21H23N3O2. The zero-order chi connectivity index (χ0) is 18.5. The number of rotatable bonds is 6. The Bertz CT molecular complexity index is 859. The summed E-state index contributed by atoms with van der Waals surface area (Å²) in [5.74, 6) is -0.105. The van der Waals surface area contributed by atoms with Crippen LogP contribution < -0.4 is 0 Å². The van der Waals surface area contributed by atoms with Gasteiger partial charge in [-0.05, 0) is 31.0 Å². The van der Waals surface area contributed by atoms with Gasteiger partial charge in [0.15, 0.2) is 0 Å². The molecule has 5 heteroatoms. The van der Waals surface area contributed by atoms with E-state index in [1.165, 1.54) is 0 Å². The molecule has 1 aromatic heterocycles. The van der Waals surface area contributed by atoms with Gasteiger partial charge in [-0.1, -0.05) is 48.5 Å². The van der Waals surface area contributed by atoms with E-state index in [2.05, 4.69) is 5.10 Å². The van der Waals surface area contributed by atoms with Crippen molar-refractivity contribution in [1.82, 2.24) is 14.7 Å². The maximum atomic E-state index is 13.1. The molecule has 0 fully saturated rings. The van der Waals surface area contributed by atoms with Gasteiger partial charge in [-0.25, -0.2) is 4.68 Å². The van der Waals surface area contributed by atoms with Crippen LogP contribution in [0.2, 0.25) is 0 Å². The Balaban J connectivity index is 1.89. The highest BCUT2D eigenvalue weighted by atomic mass is 16.3. The van der Waals surface area contributed by atoms with Crippen LogP contribution in [0, 0.1) is 6.92 Å². The summed E-state index contributed by atoms with van der Waals surface area (Å²) in [6.45, 7) is 1.85. The second-order valence-electron chi connectivity index (χ2n) is 6.26.